The highest BCUT2D eigenvalue weighted by molar-refractivity contribution is 7.91. The molecule has 2 aromatic heterocycles. The third kappa shape index (κ3) is 4.83. The van der Waals surface area contributed by atoms with Crippen molar-refractivity contribution >= 4 is 38.7 Å². The first-order chi connectivity index (χ1) is 13.9. The Morgan fingerprint density at radius 3 is 2.69 bits per heavy atom. The lowest BCUT2D eigenvalue weighted by Crippen LogP contribution is -2.21. The SMILES string of the molecule is Cc1ccnc(NC(=O)Nc2cc(S(=O)(=O)CC3CC3)ccc2-c2ccsc2)c1. The van der Waals surface area contributed by atoms with E-state index in [1.165, 1.54) is 11.3 Å². The Morgan fingerprint density at radius 2 is 2.00 bits per heavy atom. The Labute approximate surface area is 173 Å². The first-order valence-corrected chi connectivity index (χ1v) is 11.9. The van der Waals surface area contributed by atoms with Crippen LogP contribution in [0.2, 0.25) is 0 Å². The molecule has 0 spiro atoms. The minimum atomic E-state index is -3.39. The zero-order chi connectivity index (χ0) is 20.4. The normalized spacial score (nSPS) is 13.8. The average Bonchev–Trinajstić information content (AvgIpc) is 3.29. The zero-order valence-corrected chi connectivity index (χ0v) is 17.5. The molecule has 2 heterocycles. The van der Waals surface area contributed by atoms with Crippen molar-refractivity contribution < 1.29 is 13.2 Å². The monoisotopic (exact) mass is 427 g/mol. The molecule has 1 aromatic carbocycles. The molecule has 1 saturated carbocycles. The number of anilines is 2. The van der Waals surface area contributed by atoms with Crippen LogP contribution >= 0.6 is 11.3 Å². The summed E-state index contributed by atoms with van der Waals surface area (Å²) in [6.07, 6.45) is 3.54. The van der Waals surface area contributed by atoms with Gasteiger partial charge in [0.25, 0.3) is 0 Å². The molecule has 2 amide bonds. The number of hydrogen-bond acceptors (Lipinski definition) is 5. The Kier molecular flexibility index (Phi) is 5.38. The van der Waals surface area contributed by atoms with E-state index in [2.05, 4.69) is 15.6 Å². The number of aryl methyl sites for hydroxylation is 1. The zero-order valence-electron chi connectivity index (χ0n) is 15.9. The lowest BCUT2D eigenvalue weighted by atomic mass is 10.1. The number of pyridine rings is 1. The number of urea groups is 1. The topological polar surface area (TPSA) is 88.2 Å². The minimum Gasteiger partial charge on any atom is -0.307 e. The van der Waals surface area contributed by atoms with E-state index in [0.717, 1.165) is 29.5 Å². The highest BCUT2D eigenvalue weighted by Gasteiger charge is 2.29. The van der Waals surface area contributed by atoms with E-state index in [9.17, 15) is 13.2 Å². The van der Waals surface area contributed by atoms with Crippen molar-refractivity contribution in [2.75, 3.05) is 16.4 Å². The van der Waals surface area contributed by atoms with E-state index in [1.807, 2.05) is 29.8 Å². The van der Waals surface area contributed by atoms with Crippen molar-refractivity contribution in [2.45, 2.75) is 24.7 Å². The van der Waals surface area contributed by atoms with Crippen molar-refractivity contribution in [3.05, 3.63) is 58.9 Å². The van der Waals surface area contributed by atoms with Gasteiger partial charge in [-0.3, -0.25) is 5.32 Å². The largest absolute Gasteiger partial charge is 0.324 e. The maximum Gasteiger partial charge on any atom is 0.324 e. The summed E-state index contributed by atoms with van der Waals surface area (Å²) in [7, 11) is -3.39. The maximum absolute atomic E-state index is 12.7. The predicted octanol–water partition coefficient (Wildman–Crippen LogP) is 4.95. The summed E-state index contributed by atoms with van der Waals surface area (Å²) in [5, 5.41) is 9.39. The quantitative estimate of drug-likeness (QED) is 0.583. The van der Waals surface area contributed by atoms with Gasteiger partial charge in [-0.15, -0.1) is 0 Å². The van der Waals surface area contributed by atoms with E-state index in [4.69, 9.17) is 0 Å². The maximum atomic E-state index is 12.7. The van der Waals surface area contributed by atoms with Gasteiger partial charge in [0.05, 0.1) is 16.3 Å². The third-order valence-electron chi connectivity index (χ3n) is 4.74. The van der Waals surface area contributed by atoms with Gasteiger partial charge in [-0.25, -0.2) is 18.2 Å². The lowest BCUT2D eigenvalue weighted by Gasteiger charge is -2.14. The van der Waals surface area contributed by atoms with Gasteiger partial charge in [0, 0.05) is 11.8 Å². The summed E-state index contributed by atoms with van der Waals surface area (Å²) in [5.74, 6) is 0.838. The van der Waals surface area contributed by atoms with E-state index in [-0.39, 0.29) is 16.6 Å². The second-order valence-electron chi connectivity index (χ2n) is 7.24. The van der Waals surface area contributed by atoms with Gasteiger partial charge >= 0.3 is 6.03 Å². The molecular weight excluding hydrogens is 406 g/mol. The number of nitrogens with zero attached hydrogens (tertiary/aromatic N) is 1. The number of rotatable bonds is 6. The fourth-order valence-electron chi connectivity index (χ4n) is 3.06. The lowest BCUT2D eigenvalue weighted by molar-refractivity contribution is 0.262. The number of nitrogens with one attached hydrogen (secondary N) is 2. The molecule has 2 N–H and O–H groups in total. The Morgan fingerprint density at radius 1 is 1.17 bits per heavy atom. The van der Waals surface area contributed by atoms with Gasteiger partial charge in [-0.1, -0.05) is 6.07 Å². The van der Waals surface area contributed by atoms with Crippen LogP contribution in [0.1, 0.15) is 18.4 Å². The van der Waals surface area contributed by atoms with Gasteiger partial charge in [-0.05, 0) is 77.9 Å². The van der Waals surface area contributed by atoms with Crippen molar-refractivity contribution in [1.82, 2.24) is 4.98 Å². The van der Waals surface area contributed by atoms with Crippen LogP contribution in [-0.4, -0.2) is 25.2 Å². The number of carbonyl (C=O) groups is 1. The number of amides is 2. The summed E-state index contributed by atoms with van der Waals surface area (Å²) in [6.45, 7) is 1.91. The van der Waals surface area contributed by atoms with Gasteiger partial charge < -0.3 is 5.32 Å². The van der Waals surface area contributed by atoms with Gasteiger partial charge in [-0.2, -0.15) is 11.3 Å². The summed E-state index contributed by atoms with van der Waals surface area (Å²) >= 11 is 1.54. The van der Waals surface area contributed by atoms with E-state index in [1.54, 1.807) is 30.5 Å². The molecule has 0 bridgehead atoms. The predicted molar refractivity (Wildman–Crippen MR) is 116 cm³/mol. The number of aromatic nitrogens is 1. The van der Waals surface area contributed by atoms with Crippen molar-refractivity contribution in [3.8, 4) is 11.1 Å². The van der Waals surface area contributed by atoms with E-state index in [0.29, 0.717) is 11.5 Å². The smallest absolute Gasteiger partial charge is 0.307 e. The first kappa shape index (κ1) is 19.6. The van der Waals surface area contributed by atoms with Crippen LogP contribution in [0.25, 0.3) is 11.1 Å². The number of benzene rings is 1. The molecule has 0 radical (unpaired) electrons. The van der Waals surface area contributed by atoms with Crippen molar-refractivity contribution in [2.24, 2.45) is 5.92 Å². The average molecular weight is 428 g/mol. The Hall–Kier alpha value is -2.71. The molecule has 1 fully saturated rings. The highest BCUT2D eigenvalue weighted by atomic mass is 32.2. The van der Waals surface area contributed by atoms with E-state index < -0.39 is 15.9 Å². The minimum absolute atomic E-state index is 0.156. The third-order valence-corrected chi connectivity index (χ3v) is 7.31. The number of carbonyl (C=O) groups excluding carboxylic acids is 1. The van der Waals surface area contributed by atoms with Crippen LogP contribution < -0.4 is 10.6 Å². The van der Waals surface area contributed by atoms with Crippen LogP contribution in [0.3, 0.4) is 0 Å². The van der Waals surface area contributed by atoms with Gasteiger partial charge in [0.15, 0.2) is 9.84 Å². The first-order valence-electron chi connectivity index (χ1n) is 9.31. The molecule has 8 heteroatoms. The molecule has 6 nitrogen and oxygen atoms in total. The molecule has 1 aliphatic rings. The van der Waals surface area contributed by atoms with Crippen LogP contribution in [-0.2, 0) is 9.84 Å². The molecule has 29 heavy (non-hydrogen) atoms. The number of thiophene rings is 1. The van der Waals surface area contributed by atoms with Crippen LogP contribution in [0.5, 0.6) is 0 Å². The summed E-state index contributed by atoms with van der Waals surface area (Å²) < 4.78 is 25.4. The fourth-order valence-corrected chi connectivity index (χ4v) is 5.43. The molecule has 3 aromatic rings. The molecule has 0 atom stereocenters. The highest BCUT2D eigenvalue weighted by Crippen LogP contribution is 2.35. The standard InChI is InChI=1S/C21H21N3O3S2/c1-14-6-8-22-20(10-14)24-21(25)23-19-11-17(29(26,27)13-15-2-3-15)4-5-18(19)16-7-9-28-12-16/h4-12,15H,2-3,13H2,1H3,(H2,22,23,24,25). The Balaban J connectivity index is 1.63. The number of sulfone groups is 1. The van der Waals surface area contributed by atoms with Crippen LogP contribution in [0.15, 0.2) is 58.3 Å². The summed E-state index contributed by atoms with van der Waals surface area (Å²) in [6, 6.07) is 9.98. The molecule has 4 rings (SSSR count). The van der Waals surface area contributed by atoms with Crippen molar-refractivity contribution in [3.63, 3.8) is 0 Å². The molecule has 1 aliphatic carbocycles. The molecule has 0 saturated heterocycles. The molecule has 0 unspecified atom stereocenters. The van der Waals surface area contributed by atoms with Gasteiger partial charge in [0.2, 0.25) is 0 Å². The molecular formula is C21H21N3O3S2. The molecule has 0 aliphatic heterocycles. The molecule has 150 valence electrons. The van der Waals surface area contributed by atoms with Crippen molar-refractivity contribution in [1.29, 1.82) is 0 Å². The summed E-state index contributed by atoms with van der Waals surface area (Å²) in [4.78, 5) is 16.9. The van der Waals surface area contributed by atoms with Crippen LogP contribution in [0.4, 0.5) is 16.3 Å². The van der Waals surface area contributed by atoms with Crippen LogP contribution in [0, 0.1) is 12.8 Å². The number of hydrogen-bond donors (Lipinski definition) is 2. The second-order valence-corrected chi connectivity index (χ2v) is 10.1. The summed E-state index contributed by atoms with van der Waals surface area (Å²) in [5.41, 5.74) is 3.11. The fraction of sp³-hybridized carbons (Fsp3) is 0.238. The van der Waals surface area contributed by atoms with Gasteiger partial charge in [0.1, 0.15) is 5.82 Å². The van der Waals surface area contributed by atoms with E-state index >= 15 is 0 Å². The Bertz CT molecular complexity index is 1140. The second kappa shape index (κ2) is 7.96.